The second-order valence-corrected chi connectivity index (χ2v) is 7.25. The van der Waals surface area contributed by atoms with Gasteiger partial charge >= 0.3 is 0 Å². The summed E-state index contributed by atoms with van der Waals surface area (Å²) in [6, 6.07) is 16.2. The minimum absolute atomic E-state index is 0.0232. The number of aliphatic hydroxyl groups excluding tert-OH is 1. The number of carbonyl (C=O) groups is 2. The number of carbonyl (C=O) groups excluding carboxylic acids is 2. The Labute approximate surface area is 175 Å². The van der Waals surface area contributed by atoms with Crippen molar-refractivity contribution in [2.24, 2.45) is 0 Å². The molecule has 0 spiro atoms. The topological polar surface area (TPSA) is 83.9 Å². The van der Waals surface area contributed by atoms with Crippen LogP contribution in [0.4, 0.5) is 10.1 Å². The zero-order valence-electron chi connectivity index (χ0n) is 16.3. The van der Waals surface area contributed by atoms with E-state index < -0.39 is 29.3 Å². The molecule has 1 aliphatic rings. The van der Waals surface area contributed by atoms with Gasteiger partial charge in [-0.15, -0.1) is 0 Å². The average Bonchev–Trinajstić information content (AvgIpc) is 3.44. The number of ketones is 1. The van der Waals surface area contributed by atoms with Crippen LogP contribution in [0.1, 0.15) is 28.1 Å². The fourth-order valence-corrected chi connectivity index (χ4v) is 3.83. The Bertz CT molecular complexity index is 1350. The van der Waals surface area contributed by atoms with Gasteiger partial charge < -0.3 is 13.9 Å². The van der Waals surface area contributed by atoms with Crippen LogP contribution in [0.5, 0.6) is 0 Å². The molecule has 0 aliphatic carbocycles. The molecule has 1 aliphatic heterocycles. The van der Waals surface area contributed by atoms with Gasteiger partial charge in [0.05, 0.1) is 5.57 Å². The number of furan rings is 2. The lowest BCUT2D eigenvalue weighted by molar-refractivity contribution is -0.117. The highest BCUT2D eigenvalue weighted by atomic mass is 19.1. The summed E-state index contributed by atoms with van der Waals surface area (Å²) >= 11 is 0. The standard InChI is InChI=1S/C24H16FNO5/c1-13-9-10-18(30-13)21-20(22(27)19-11-14-5-2-3-8-17(14)31-19)23(28)24(29)26(21)16-7-4-6-15(25)12-16/h2-12,21,28H,1H3. The van der Waals surface area contributed by atoms with E-state index in [-0.39, 0.29) is 22.8 Å². The van der Waals surface area contributed by atoms with E-state index in [1.54, 1.807) is 43.3 Å². The normalized spacial score (nSPS) is 16.5. The summed E-state index contributed by atoms with van der Waals surface area (Å²) in [7, 11) is 0. The molecule has 2 aromatic carbocycles. The number of aliphatic hydroxyl groups is 1. The molecular formula is C24H16FNO5. The number of amides is 1. The molecule has 0 saturated heterocycles. The average molecular weight is 417 g/mol. The second-order valence-electron chi connectivity index (χ2n) is 7.25. The second kappa shape index (κ2) is 6.98. The van der Waals surface area contributed by atoms with Crippen molar-refractivity contribution in [2.75, 3.05) is 4.90 Å². The molecule has 0 fully saturated rings. The fraction of sp³-hybridized carbons (Fsp3) is 0.0833. The van der Waals surface area contributed by atoms with Crippen molar-refractivity contribution in [3.63, 3.8) is 0 Å². The first-order valence-electron chi connectivity index (χ1n) is 9.56. The summed E-state index contributed by atoms with van der Waals surface area (Å²) in [6.07, 6.45) is 0. The van der Waals surface area contributed by atoms with Gasteiger partial charge in [0.25, 0.3) is 5.91 Å². The quantitative estimate of drug-likeness (QED) is 0.458. The number of aryl methyl sites for hydroxylation is 1. The van der Waals surface area contributed by atoms with Crippen LogP contribution >= 0.6 is 0 Å². The van der Waals surface area contributed by atoms with Gasteiger partial charge in [-0.2, -0.15) is 0 Å². The molecular weight excluding hydrogens is 401 g/mol. The van der Waals surface area contributed by atoms with Crippen molar-refractivity contribution in [3.05, 3.63) is 101 Å². The Balaban J connectivity index is 1.66. The van der Waals surface area contributed by atoms with Crippen LogP contribution in [-0.2, 0) is 4.79 Å². The molecule has 2 aromatic heterocycles. The number of hydrogen-bond donors (Lipinski definition) is 1. The number of para-hydroxylation sites is 1. The van der Waals surface area contributed by atoms with Crippen LogP contribution in [0, 0.1) is 12.7 Å². The number of halogens is 1. The summed E-state index contributed by atoms with van der Waals surface area (Å²) < 4.78 is 25.3. The molecule has 0 radical (unpaired) electrons. The highest BCUT2D eigenvalue weighted by Crippen LogP contribution is 2.42. The van der Waals surface area contributed by atoms with Gasteiger partial charge in [0.1, 0.15) is 29.0 Å². The summed E-state index contributed by atoms with van der Waals surface area (Å²) in [5.41, 5.74) is 0.494. The fourth-order valence-electron chi connectivity index (χ4n) is 3.83. The van der Waals surface area contributed by atoms with Gasteiger partial charge in [0.15, 0.2) is 11.5 Å². The van der Waals surface area contributed by atoms with Crippen LogP contribution < -0.4 is 4.90 Å². The van der Waals surface area contributed by atoms with Gasteiger partial charge in [-0.3, -0.25) is 14.5 Å². The van der Waals surface area contributed by atoms with Gasteiger partial charge in [0, 0.05) is 11.1 Å². The largest absolute Gasteiger partial charge is 0.503 e. The van der Waals surface area contributed by atoms with Crippen molar-refractivity contribution in [1.82, 2.24) is 0 Å². The van der Waals surface area contributed by atoms with Crippen molar-refractivity contribution in [1.29, 1.82) is 0 Å². The number of nitrogens with zero attached hydrogens (tertiary/aromatic N) is 1. The number of rotatable bonds is 4. The summed E-state index contributed by atoms with van der Waals surface area (Å²) in [5, 5.41) is 11.4. The Morgan fingerprint density at radius 3 is 2.55 bits per heavy atom. The summed E-state index contributed by atoms with van der Waals surface area (Å²) in [6.45, 7) is 1.72. The molecule has 1 atom stereocenters. The molecule has 1 N–H and O–H groups in total. The molecule has 0 saturated carbocycles. The lowest BCUT2D eigenvalue weighted by atomic mass is 9.99. The molecule has 4 aromatic rings. The number of anilines is 1. The maximum atomic E-state index is 13.9. The molecule has 6 nitrogen and oxygen atoms in total. The van der Waals surface area contributed by atoms with Gasteiger partial charge in [0.2, 0.25) is 5.78 Å². The summed E-state index contributed by atoms with van der Waals surface area (Å²) in [5.74, 6) is -1.97. The predicted molar refractivity (Wildman–Crippen MR) is 110 cm³/mol. The third-order valence-corrected chi connectivity index (χ3v) is 5.22. The minimum Gasteiger partial charge on any atom is -0.503 e. The highest BCUT2D eigenvalue weighted by molar-refractivity contribution is 6.20. The third kappa shape index (κ3) is 3.02. The first kappa shape index (κ1) is 18.9. The molecule has 31 heavy (non-hydrogen) atoms. The van der Waals surface area contributed by atoms with Crippen molar-refractivity contribution < 1.29 is 27.9 Å². The maximum absolute atomic E-state index is 13.9. The molecule has 0 bridgehead atoms. The van der Waals surface area contributed by atoms with E-state index in [9.17, 15) is 19.1 Å². The zero-order valence-corrected chi connectivity index (χ0v) is 16.3. The van der Waals surface area contributed by atoms with E-state index in [0.717, 1.165) is 11.0 Å². The Kier molecular flexibility index (Phi) is 4.25. The first-order chi connectivity index (χ1) is 14.9. The van der Waals surface area contributed by atoms with Gasteiger partial charge in [-0.1, -0.05) is 24.3 Å². The molecule has 5 rings (SSSR count). The van der Waals surface area contributed by atoms with Crippen LogP contribution in [0.3, 0.4) is 0 Å². The zero-order chi connectivity index (χ0) is 21.7. The first-order valence-corrected chi connectivity index (χ1v) is 9.56. The maximum Gasteiger partial charge on any atom is 0.294 e. The van der Waals surface area contributed by atoms with E-state index >= 15 is 0 Å². The smallest absolute Gasteiger partial charge is 0.294 e. The van der Waals surface area contributed by atoms with Gasteiger partial charge in [-0.25, -0.2) is 4.39 Å². The molecule has 7 heteroatoms. The number of Topliss-reactive ketones (excluding diaryl/α,β-unsaturated/α-hetero) is 1. The highest BCUT2D eigenvalue weighted by Gasteiger charge is 2.47. The number of hydrogen-bond acceptors (Lipinski definition) is 5. The van der Waals surface area contributed by atoms with Crippen LogP contribution in [-0.4, -0.2) is 16.8 Å². The van der Waals surface area contributed by atoms with Crippen molar-refractivity contribution in [3.8, 4) is 0 Å². The Hall–Kier alpha value is -4.13. The molecule has 154 valence electrons. The van der Waals surface area contributed by atoms with Crippen LogP contribution in [0.15, 0.2) is 86.9 Å². The van der Waals surface area contributed by atoms with E-state index in [4.69, 9.17) is 8.83 Å². The van der Waals surface area contributed by atoms with E-state index in [1.165, 1.54) is 18.2 Å². The monoisotopic (exact) mass is 417 g/mol. The van der Waals surface area contributed by atoms with E-state index in [1.807, 2.05) is 6.07 Å². The summed E-state index contributed by atoms with van der Waals surface area (Å²) in [4.78, 5) is 27.5. The van der Waals surface area contributed by atoms with E-state index in [0.29, 0.717) is 16.7 Å². The number of benzene rings is 2. The van der Waals surface area contributed by atoms with Crippen molar-refractivity contribution >= 4 is 28.3 Å². The van der Waals surface area contributed by atoms with Crippen LogP contribution in [0.2, 0.25) is 0 Å². The minimum atomic E-state index is -1.08. The third-order valence-electron chi connectivity index (χ3n) is 5.22. The molecule has 1 unspecified atom stereocenters. The van der Waals surface area contributed by atoms with Gasteiger partial charge in [-0.05, 0) is 49.4 Å². The molecule has 3 heterocycles. The lowest BCUT2D eigenvalue weighted by Gasteiger charge is -2.24. The Morgan fingerprint density at radius 1 is 1.03 bits per heavy atom. The molecule has 1 amide bonds. The number of fused-ring (bicyclic) bond motifs is 1. The predicted octanol–water partition coefficient (Wildman–Crippen LogP) is 5.26. The van der Waals surface area contributed by atoms with E-state index in [2.05, 4.69) is 0 Å². The lowest BCUT2D eigenvalue weighted by Crippen LogP contribution is -2.30. The Morgan fingerprint density at radius 2 is 1.84 bits per heavy atom. The van der Waals surface area contributed by atoms with Crippen LogP contribution in [0.25, 0.3) is 11.0 Å². The SMILES string of the molecule is Cc1ccc(C2C(C(=O)c3cc4ccccc4o3)=C(O)C(=O)N2c2cccc(F)c2)o1. The van der Waals surface area contributed by atoms with Crippen molar-refractivity contribution in [2.45, 2.75) is 13.0 Å².